The zero-order valence-electron chi connectivity index (χ0n) is 10.4. The van der Waals surface area contributed by atoms with Crippen LogP contribution in [0, 0.1) is 11.3 Å². The molecule has 0 aliphatic rings. The first kappa shape index (κ1) is 17.1. The maximum absolute atomic E-state index is 7.51. The van der Waals surface area contributed by atoms with Gasteiger partial charge in [0.15, 0.2) is 0 Å². The van der Waals surface area contributed by atoms with Gasteiger partial charge in [-0.15, -0.1) is 0 Å². The largest absolute Gasteiger partial charge is 0.193 e. The first-order chi connectivity index (χ1) is 8.13. The first-order valence-electron chi connectivity index (χ1n) is 5.08. The number of rotatable bonds is 2. The van der Waals surface area contributed by atoms with Crippen molar-refractivity contribution in [1.29, 1.82) is 5.26 Å². The Morgan fingerprint density at radius 3 is 1.71 bits per heavy atom. The molecule has 0 saturated heterocycles. The van der Waals surface area contributed by atoms with Crippen molar-refractivity contribution in [3.63, 3.8) is 0 Å². The Hall–Kier alpha value is -2.33. The van der Waals surface area contributed by atoms with E-state index in [1.165, 1.54) is 11.6 Å². The summed E-state index contributed by atoms with van der Waals surface area (Å²) in [5.41, 5.74) is 2.34. The molecule has 0 amide bonds. The zero-order valence-corrected chi connectivity index (χ0v) is 10.4. The van der Waals surface area contributed by atoms with Gasteiger partial charge in [0.2, 0.25) is 0 Å². The normalized spacial score (nSPS) is 6.82. The standard InChI is InChI=1S/C9H10.C4H6.C3H3N/c1-8(2)9-6-4-3-5-7-9;1-3-4-2;1-2-3-4/h3-7H,1H2,2H3;3-4H,1-2H2;2H,1H2. The fourth-order valence-electron chi connectivity index (χ4n) is 0.723. The minimum absolute atomic E-state index is 1.12. The van der Waals surface area contributed by atoms with Gasteiger partial charge in [0, 0.05) is 6.08 Å². The Labute approximate surface area is 105 Å². The molecule has 0 bridgehead atoms. The van der Waals surface area contributed by atoms with Crippen LogP contribution in [-0.4, -0.2) is 0 Å². The predicted molar refractivity (Wildman–Crippen MR) is 77.4 cm³/mol. The highest BCUT2D eigenvalue weighted by molar-refractivity contribution is 5.60. The fraction of sp³-hybridized carbons (Fsp3) is 0.0625. The molecule has 1 aromatic carbocycles. The summed E-state index contributed by atoms with van der Waals surface area (Å²) in [6.07, 6.45) is 4.46. The van der Waals surface area contributed by atoms with E-state index < -0.39 is 0 Å². The van der Waals surface area contributed by atoms with Crippen molar-refractivity contribution in [2.75, 3.05) is 0 Å². The van der Waals surface area contributed by atoms with Crippen molar-refractivity contribution in [3.8, 4) is 6.07 Å². The summed E-state index contributed by atoms with van der Waals surface area (Å²) < 4.78 is 0. The third-order valence-electron chi connectivity index (χ3n) is 1.52. The summed E-state index contributed by atoms with van der Waals surface area (Å²) in [7, 11) is 0. The highest BCUT2D eigenvalue weighted by Crippen LogP contribution is 2.08. The molecule has 88 valence electrons. The molecular formula is C16H19N. The van der Waals surface area contributed by atoms with E-state index >= 15 is 0 Å². The van der Waals surface area contributed by atoms with Crippen LogP contribution in [0.2, 0.25) is 0 Å². The molecule has 0 atom stereocenters. The van der Waals surface area contributed by atoms with Crippen LogP contribution < -0.4 is 0 Å². The highest BCUT2D eigenvalue weighted by atomic mass is 14.2. The van der Waals surface area contributed by atoms with Crippen LogP contribution in [0.25, 0.3) is 5.57 Å². The van der Waals surface area contributed by atoms with Crippen molar-refractivity contribution in [2.45, 2.75) is 6.92 Å². The Balaban J connectivity index is 0. The van der Waals surface area contributed by atoms with Gasteiger partial charge in [-0.25, -0.2) is 0 Å². The van der Waals surface area contributed by atoms with Gasteiger partial charge in [0.1, 0.15) is 0 Å². The molecule has 0 fully saturated rings. The lowest BCUT2D eigenvalue weighted by atomic mass is 10.1. The van der Waals surface area contributed by atoms with E-state index in [0.29, 0.717) is 0 Å². The topological polar surface area (TPSA) is 23.8 Å². The summed E-state index contributed by atoms with van der Waals surface area (Å²) in [6, 6.07) is 11.9. The van der Waals surface area contributed by atoms with Crippen molar-refractivity contribution in [3.05, 3.63) is 80.4 Å². The molecule has 1 rings (SSSR count). The second kappa shape index (κ2) is 13.7. The molecule has 17 heavy (non-hydrogen) atoms. The van der Waals surface area contributed by atoms with E-state index in [2.05, 4.69) is 38.4 Å². The molecule has 0 aliphatic heterocycles. The summed E-state index contributed by atoms with van der Waals surface area (Å²) in [4.78, 5) is 0. The van der Waals surface area contributed by atoms with Gasteiger partial charge in [0.25, 0.3) is 0 Å². The smallest absolute Gasteiger partial charge is 0.0905 e. The lowest BCUT2D eigenvalue weighted by Gasteiger charge is -1.94. The molecule has 0 heterocycles. The average Bonchev–Trinajstić information content (AvgIpc) is 2.40. The van der Waals surface area contributed by atoms with Gasteiger partial charge in [-0.2, -0.15) is 5.26 Å². The predicted octanol–water partition coefficient (Wildman–Crippen LogP) is 4.77. The first-order valence-corrected chi connectivity index (χ1v) is 5.08. The molecule has 0 aliphatic carbocycles. The highest BCUT2D eigenvalue weighted by Gasteiger charge is 1.86. The summed E-state index contributed by atoms with van der Waals surface area (Å²) in [5.74, 6) is 0. The monoisotopic (exact) mass is 225 g/mol. The lowest BCUT2D eigenvalue weighted by molar-refractivity contribution is 1.54. The van der Waals surface area contributed by atoms with Gasteiger partial charge in [-0.3, -0.25) is 0 Å². The Kier molecular flexibility index (Phi) is 13.7. The third-order valence-corrected chi connectivity index (χ3v) is 1.52. The van der Waals surface area contributed by atoms with Gasteiger partial charge >= 0.3 is 0 Å². The van der Waals surface area contributed by atoms with E-state index in [1.807, 2.05) is 25.1 Å². The fourth-order valence-corrected chi connectivity index (χ4v) is 0.723. The van der Waals surface area contributed by atoms with Crippen molar-refractivity contribution < 1.29 is 0 Å². The second-order valence-electron chi connectivity index (χ2n) is 2.95. The van der Waals surface area contributed by atoms with Crippen LogP contribution >= 0.6 is 0 Å². The summed E-state index contributed by atoms with van der Waals surface area (Å²) in [6.45, 7) is 15.7. The molecule has 0 aromatic heterocycles. The SMILES string of the molecule is C=C(C)c1ccccc1.C=CC#N.C=CC=C. The van der Waals surface area contributed by atoms with Crippen molar-refractivity contribution >= 4 is 5.57 Å². The van der Waals surface area contributed by atoms with Crippen LogP contribution in [0.1, 0.15) is 12.5 Å². The van der Waals surface area contributed by atoms with E-state index in [9.17, 15) is 0 Å². The quantitative estimate of drug-likeness (QED) is 0.525. The maximum Gasteiger partial charge on any atom is 0.0905 e. The molecule has 0 radical (unpaired) electrons. The summed E-state index contributed by atoms with van der Waals surface area (Å²) in [5, 5.41) is 7.51. The molecule has 1 nitrogen and oxygen atoms in total. The number of benzene rings is 1. The molecule has 0 saturated carbocycles. The van der Waals surface area contributed by atoms with Crippen LogP contribution in [0.15, 0.2) is 74.9 Å². The van der Waals surface area contributed by atoms with Crippen LogP contribution in [0.3, 0.4) is 0 Å². The molecule has 0 unspecified atom stereocenters. The van der Waals surface area contributed by atoms with E-state index in [0.717, 1.165) is 5.57 Å². The maximum atomic E-state index is 7.51. The van der Waals surface area contributed by atoms with E-state index in [1.54, 1.807) is 18.2 Å². The van der Waals surface area contributed by atoms with Crippen LogP contribution in [0.4, 0.5) is 0 Å². The summed E-state index contributed by atoms with van der Waals surface area (Å²) >= 11 is 0. The van der Waals surface area contributed by atoms with Gasteiger partial charge < -0.3 is 0 Å². The van der Waals surface area contributed by atoms with Crippen molar-refractivity contribution in [1.82, 2.24) is 0 Å². The van der Waals surface area contributed by atoms with Crippen LogP contribution in [-0.2, 0) is 0 Å². The van der Waals surface area contributed by atoms with Crippen molar-refractivity contribution in [2.24, 2.45) is 0 Å². The molecule has 1 aromatic rings. The Morgan fingerprint density at radius 2 is 1.53 bits per heavy atom. The minimum Gasteiger partial charge on any atom is -0.193 e. The molecule has 0 spiro atoms. The Morgan fingerprint density at radius 1 is 1.12 bits per heavy atom. The van der Waals surface area contributed by atoms with Gasteiger partial charge in [-0.05, 0) is 12.5 Å². The van der Waals surface area contributed by atoms with E-state index in [4.69, 9.17) is 5.26 Å². The average molecular weight is 225 g/mol. The number of hydrogen-bond acceptors (Lipinski definition) is 1. The number of allylic oxidation sites excluding steroid dienone is 4. The molecule has 1 heteroatoms. The van der Waals surface area contributed by atoms with Gasteiger partial charge in [-0.1, -0.05) is 74.4 Å². The minimum atomic E-state index is 1.12. The second-order valence-corrected chi connectivity index (χ2v) is 2.95. The lowest BCUT2D eigenvalue weighted by Crippen LogP contribution is -1.72. The third kappa shape index (κ3) is 13.7. The number of hydrogen-bond donors (Lipinski definition) is 0. The zero-order chi connectivity index (χ0) is 13.5. The Bertz CT molecular complexity index is 374. The molecule has 0 N–H and O–H groups in total. The molecular weight excluding hydrogens is 206 g/mol. The van der Waals surface area contributed by atoms with Crippen LogP contribution in [0.5, 0.6) is 0 Å². The number of nitriles is 1. The van der Waals surface area contributed by atoms with Gasteiger partial charge in [0.05, 0.1) is 6.07 Å². The van der Waals surface area contributed by atoms with E-state index in [-0.39, 0.29) is 0 Å². The number of nitrogens with zero attached hydrogens (tertiary/aromatic N) is 1.